The molecule has 0 aliphatic heterocycles. The molecule has 1 rings (SSSR count). The van der Waals surface area contributed by atoms with Crippen LogP contribution in [-0.2, 0) is 6.61 Å². The number of rotatable bonds is 3. The van der Waals surface area contributed by atoms with E-state index in [1.807, 2.05) is 13.8 Å². The minimum Gasteiger partial charge on any atom is -0.488 e. The highest BCUT2D eigenvalue weighted by Gasteiger charge is 2.11. The van der Waals surface area contributed by atoms with E-state index in [1.165, 1.54) is 6.07 Å². The minimum absolute atomic E-state index is 0.0923. The number of ether oxygens (including phenoxy) is 1. The minimum atomic E-state index is -0.496. The van der Waals surface area contributed by atoms with E-state index in [9.17, 15) is 4.39 Å². The van der Waals surface area contributed by atoms with Crippen molar-refractivity contribution >= 4 is 15.9 Å². The number of aliphatic hydroxyl groups is 1. The van der Waals surface area contributed by atoms with Crippen LogP contribution < -0.4 is 4.74 Å². The molecule has 0 atom stereocenters. The number of halogens is 2. The Morgan fingerprint density at radius 1 is 1.50 bits per heavy atom. The first kappa shape index (κ1) is 11.5. The molecule has 0 saturated carbocycles. The van der Waals surface area contributed by atoms with E-state index in [0.717, 1.165) is 0 Å². The van der Waals surface area contributed by atoms with Gasteiger partial charge >= 0.3 is 0 Å². The Labute approximate surface area is 90.8 Å². The van der Waals surface area contributed by atoms with Gasteiger partial charge < -0.3 is 9.84 Å². The normalized spacial score (nSPS) is 10.7. The van der Waals surface area contributed by atoms with Crippen LogP contribution in [0.25, 0.3) is 0 Å². The Morgan fingerprint density at radius 2 is 2.14 bits per heavy atom. The smallest absolute Gasteiger partial charge is 0.170 e. The zero-order valence-corrected chi connectivity index (χ0v) is 9.64. The summed E-state index contributed by atoms with van der Waals surface area (Å²) in [6.07, 6.45) is -0.0923. The number of hydrogen-bond donors (Lipinski definition) is 1. The molecule has 0 amide bonds. The SMILES string of the molecule is CC(C)Oc1cc(Br)cc(CO)c1F. The predicted molar refractivity (Wildman–Crippen MR) is 55.8 cm³/mol. The van der Waals surface area contributed by atoms with Crippen molar-refractivity contribution in [2.24, 2.45) is 0 Å². The molecule has 0 radical (unpaired) electrons. The molecule has 1 aromatic carbocycles. The highest BCUT2D eigenvalue weighted by Crippen LogP contribution is 2.27. The molecular formula is C10H12BrFO2. The summed E-state index contributed by atoms with van der Waals surface area (Å²) in [4.78, 5) is 0. The standard InChI is InChI=1S/C10H12BrFO2/c1-6(2)14-9-4-8(11)3-7(5-13)10(9)12/h3-4,6,13H,5H2,1-2H3. The fourth-order valence-electron chi connectivity index (χ4n) is 1.07. The molecule has 0 heterocycles. The van der Waals surface area contributed by atoms with E-state index >= 15 is 0 Å². The Kier molecular flexibility index (Phi) is 3.89. The Bertz CT molecular complexity index is 326. The van der Waals surface area contributed by atoms with Gasteiger partial charge in [0.05, 0.1) is 12.7 Å². The molecule has 2 nitrogen and oxygen atoms in total. The Hall–Kier alpha value is -0.610. The van der Waals surface area contributed by atoms with Gasteiger partial charge in [0, 0.05) is 10.0 Å². The van der Waals surface area contributed by atoms with Gasteiger partial charge in [0.25, 0.3) is 0 Å². The van der Waals surface area contributed by atoms with Crippen molar-refractivity contribution in [2.75, 3.05) is 0 Å². The summed E-state index contributed by atoms with van der Waals surface area (Å²) >= 11 is 3.22. The average Bonchev–Trinajstić information content (AvgIpc) is 2.09. The number of benzene rings is 1. The van der Waals surface area contributed by atoms with Crippen LogP contribution in [0.3, 0.4) is 0 Å². The van der Waals surface area contributed by atoms with Gasteiger partial charge in [-0.3, -0.25) is 0 Å². The average molecular weight is 263 g/mol. The summed E-state index contributed by atoms with van der Waals surface area (Å²) in [5.41, 5.74) is 0.232. The first-order chi connectivity index (χ1) is 6.54. The summed E-state index contributed by atoms with van der Waals surface area (Å²) in [5.74, 6) is -0.331. The summed E-state index contributed by atoms with van der Waals surface area (Å²) in [6.45, 7) is 3.30. The monoisotopic (exact) mass is 262 g/mol. The highest BCUT2D eigenvalue weighted by atomic mass is 79.9. The van der Waals surface area contributed by atoms with E-state index in [0.29, 0.717) is 4.47 Å². The van der Waals surface area contributed by atoms with Crippen LogP contribution in [0.2, 0.25) is 0 Å². The van der Waals surface area contributed by atoms with Crippen LogP contribution in [0.4, 0.5) is 4.39 Å². The predicted octanol–water partition coefficient (Wildman–Crippen LogP) is 2.87. The van der Waals surface area contributed by atoms with Gasteiger partial charge in [-0.15, -0.1) is 0 Å². The molecule has 1 N–H and O–H groups in total. The van der Waals surface area contributed by atoms with E-state index in [-0.39, 0.29) is 24.0 Å². The molecule has 0 aliphatic carbocycles. The van der Waals surface area contributed by atoms with E-state index in [4.69, 9.17) is 9.84 Å². The van der Waals surface area contributed by atoms with E-state index in [2.05, 4.69) is 15.9 Å². The summed E-state index contributed by atoms with van der Waals surface area (Å²) < 4.78 is 19.5. The van der Waals surface area contributed by atoms with Crippen molar-refractivity contribution in [3.63, 3.8) is 0 Å². The number of hydrogen-bond acceptors (Lipinski definition) is 2. The van der Waals surface area contributed by atoms with Crippen molar-refractivity contribution in [3.05, 3.63) is 28.0 Å². The van der Waals surface area contributed by atoms with Crippen molar-refractivity contribution in [3.8, 4) is 5.75 Å². The molecule has 0 aliphatic rings. The van der Waals surface area contributed by atoms with Crippen molar-refractivity contribution in [1.82, 2.24) is 0 Å². The Balaban J connectivity index is 3.08. The summed E-state index contributed by atoms with van der Waals surface area (Å²) in [5, 5.41) is 8.89. The molecule has 1 aromatic rings. The second kappa shape index (κ2) is 4.75. The van der Waals surface area contributed by atoms with Crippen LogP contribution in [-0.4, -0.2) is 11.2 Å². The zero-order valence-electron chi connectivity index (χ0n) is 8.05. The third-order valence-electron chi connectivity index (χ3n) is 1.61. The largest absolute Gasteiger partial charge is 0.488 e. The van der Waals surface area contributed by atoms with Gasteiger partial charge in [-0.2, -0.15) is 0 Å². The lowest BCUT2D eigenvalue weighted by Gasteiger charge is -2.12. The first-order valence-corrected chi connectivity index (χ1v) is 5.09. The molecule has 0 aromatic heterocycles. The fraction of sp³-hybridized carbons (Fsp3) is 0.400. The fourth-order valence-corrected chi connectivity index (χ4v) is 1.56. The molecule has 0 bridgehead atoms. The molecule has 0 unspecified atom stereocenters. The second-order valence-electron chi connectivity index (χ2n) is 3.20. The van der Waals surface area contributed by atoms with Gasteiger partial charge in [-0.25, -0.2) is 4.39 Å². The number of aliphatic hydroxyl groups excluding tert-OH is 1. The summed E-state index contributed by atoms with van der Waals surface area (Å²) in [7, 11) is 0. The van der Waals surface area contributed by atoms with Crippen molar-refractivity contribution in [2.45, 2.75) is 26.6 Å². The maximum Gasteiger partial charge on any atom is 0.170 e. The van der Waals surface area contributed by atoms with Crippen LogP contribution in [0.15, 0.2) is 16.6 Å². The third-order valence-corrected chi connectivity index (χ3v) is 2.07. The van der Waals surface area contributed by atoms with Crippen LogP contribution in [0.1, 0.15) is 19.4 Å². The van der Waals surface area contributed by atoms with Gasteiger partial charge in [-0.05, 0) is 26.0 Å². The molecule has 78 valence electrons. The topological polar surface area (TPSA) is 29.5 Å². The molecule has 0 fully saturated rings. The highest BCUT2D eigenvalue weighted by molar-refractivity contribution is 9.10. The lowest BCUT2D eigenvalue weighted by Crippen LogP contribution is -2.08. The maximum absolute atomic E-state index is 13.5. The molecule has 0 saturated heterocycles. The molecular weight excluding hydrogens is 251 g/mol. The third kappa shape index (κ3) is 2.69. The lowest BCUT2D eigenvalue weighted by atomic mass is 10.2. The zero-order chi connectivity index (χ0) is 10.7. The van der Waals surface area contributed by atoms with Crippen LogP contribution in [0, 0.1) is 5.82 Å². The first-order valence-electron chi connectivity index (χ1n) is 4.30. The van der Waals surface area contributed by atoms with Gasteiger partial charge in [0.2, 0.25) is 0 Å². The van der Waals surface area contributed by atoms with Gasteiger partial charge in [0.1, 0.15) is 0 Å². The van der Waals surface area contributed by atoms with E-state index < -0.39 is 5.82 Å². The van der Waals surface area contributed by atoms with Gasteiger partial charge in [-0.1, -0.05) is 15.9 Å². The van der Waals surface area contributed by atoms with Crippen molar-refractivity contribution < 1.29 is 14.2 Å². The Morgan fingerprint density at radius 3 is 2.64 bits per heavy atom. The quantitative estimate of drug-likeness (QED) is 0.908. The van der Waals surface area contributed by atoms with Gasteiger partial charge in [0.15, 0.2) is 11.6 Å². The maximum atomic E-state index is 13.5. The molecule has 14 heavy (non-hydrogen) atoms. The lowest BCUT2D eigenvalue weighted by molar-refractivity contribution is 0.225. The summed E-state index contributed by atoms with van der Waals surface area (Å²) in [6, 6.07) is 3.08. The van der Waals surface area contributed by atoms with Crippen molar-refractivity contribution in [1.29, 1.82) is 0 Å². The molecule has 4 heteroatoms. The van der Waals surface area contributed by atoms with Crippen LogP contribution >= 0.6 is 15.9 Å². The van der Waals surface area contributed by atoms with Crippen LogP contribution in [0.5, 0.6) is 5.75 Å². The molecule has 0 spiro atoms. The van der Waals surface area contributed by atoms with E-state index in [1.54, 1.807) is 6.07 Å². The second-order valence-corrected chi connectivity index (χ2v) is 4.12.